The lowest BCUT2D eigenvalue weighted by molar-refractivity contribution is -0.385. The van der Waals surface area contributed by atoms with Crippen LogP contribution in [-0.2, 0) is 4.79 Å². The van der Waals surface area contributed by atoms with Crippen LogP contribution in [-0.4, -0.2) is 29.3 Å². The maximum atomic E-state index is 11.9. The first-order valence-corrected chi connectivity index (χ1v) is 6.68. The van der Waals surface area contributed by atoms with Crippen LogP contribution < -0.4 is 10.6 Å². The van der Waals surface area contributed by atoms with Gasteiger partial charge in [0, 0.05) is 18.2 Å². The smallest absolute Gasteiger partial charge is 0.284 e. The molecule has 0 aliphatic heterocycles. The van der Waals surface area contributed by atoms with Crippen molar-refractivity contribution in [1.29, 1.82) is 0 Å². The molecule has 0 unspecified atom stereocenters. The van der Waals surface area contributed by atoms with Gasteiger partial charge in [-0.2, -0.15) is 0 Å². The normalized spacial score (nSPS) is 11.6. The summed E-state index contributed by atoms with van der Waals surface area (Å²) in [5.74, 6) is -0.855. The van der Waals surface area contributed by atoms with E-state index in [1.807, 2.05) is 0 Å². The van der Waals surface area contributed by atoms with Crippen LogP contribution in [0, 0.1) is 10.1 Å². The average Bonchev–Trinajstić information content (AvgIpc) is 2.38. The van der Waals surface area contributed by atoms with Crippen LogP contribution in [0.1, 0.15) is 24.2 Å². The van der Waals surface area contributed by atoms with Gasteiger partial charge in [-0.05, 0) is 41.9 Å². The molecule has 0 aromatic heterocycles. The van der Waals surface area contributed by atoms with Gasteiger partial charge in [0.15, 0.2) is 0 Å². The zero-order valence-corrected chi connectivity index (χ0v) is 12.6. The fourth-order valence-electron chi connectivity index (χ4n) is 1.47. The van der Waals surface area contributed by atoms with Gasteiger partial charge in [-0.3, -0.25) is 19.7 Å². The molecule has 0 fully saturated rings. The molecule has 0 spiro atoms. The highest BCUT2D eigenvalue weighted by molar-refractivity contribution is 9.10. The summed E-state index contributed by atoms with van der Waals surface area (Å²) in [7, 11) is 0. The van der Waals surface area contributed by atoms with Crippen LogP contribution >= 0.6 is 15.9 Å². The lowest BCUT2D eigenvalue weighted by Gasteiger charge is -2.13. The molecule has 1 aromatic rings. The second-order valence-electron chi connectivity index (χ2n) is 4.01. The lowest BCUT2D eigenvalue weighted by Crippen LogP contribution is -2.44. The Morgan fingerprint density at radius 2 is 2.10 bits per heavy atom. The molecule has 0 saturated carbocycles. The molecule has 108 valence electrons. The molecule has 0 radical (unpaired) electrons. The molecule has 0 saturated heterocycles. The SMILES string of the molecule is CCNC(=O)[C@H](C)NC(=O)c1ccc(Br)c([N+](=O)[O-])c1. The van der Waals surface area contributed by atoms with E-state index in [0.717, 1.165) is 6.07 Å². The van der Waals surface area contributed by atoms with E-state index in [2.05, 4.69) is 26.6 Å². The van der Waals surface area contributed by atoms with E-state index in [1.54, 1.807) is 6.92 Å². The first-order valence-electron chi connectivity index (χ1n) is 5.89. The molecule has 2 amide bonds. The van der Waals surface area contributed by atoms with E-state index >= 15 is 0 Å². The van der Waals surface area contributed by atoms with Gasteiger partial charge >= 0.3 is 0 Å². The molecule has 1 rings (SSSR count). The first kappa shape index (κ1) is 16.1. The minimum absolute atomic E-state index is 0.121. The number of nitrogens with one attached hydrogen (secondary N) is 2. The Hall–Kier alpha value is -1.96. The minimum atomic E-state index is -0.717. The van der Waals surface area contributed by atoms with Crippen molar-refractivity contribution < 1.29 is 14.5 Å². The summed E-state index contributed by atoms with van der Waals surface area (Å²) < 4.78 is 0.288. The summed E-state index contributed by atoms with van der Waals surface area (Å²) in [6.07, 6.45) is 0. The summed E-state index contributed by atoms with van der Waals surface area (Å²) in [6, 6.07) is 3.30. The van der Waals surface area contributed by atoms with Crippen LogP contribution in [0.3, 0.4) is 0 Å². The summed E-state index contributed by atoms with van der Waals surface area (Å²) in [6.45, 7) is 3.77. The van der Waals surface area contributed by atoms with E-state index in [4.69, 9.17) is 0 Å². The maximum absolute atomic E-state index is 11.9. The van der Waals surface area contributed by atoms with Gasteiger partial charge in [0.1, 0.15) is 6.04 Å². The number of carbonyl (C=O) groups excluding carboxylic acids is 2. The van der Waals surface area contributed by atoms with Gasteiger partial charge in [-0.15, -0.1) is 0 Å². The third kappa shape index (κ3) is 4.02. The number of likely N-dealkylation sites (N-methyl/N-ethyl adjacent to an activating group) is 1. The number of carbonyl (C=O) groups is 2. The van der Waals surface area contributed by atoms with E-state index < -0.39 is 16.9 Å². The van der Waals surface area contributed by atoms with Crippen molar-refractivity contribution in [2.75, 3.05) is 6.54 Å². The number of nitro groups is 1. The van der Waals surface area contributed by atoms with Gasteiger partial charge in [-0.1, -0.05) is 0 Å². The van der Waals surface area contributed by atoms with Gasteiger partial charge in [0.05, 0.1) is 9.40 Å². The topological polar surface area (TPSA) is 101 Å². The van der Waals surface area contributed by atoms with Crippen LogP contribution in [0.2, 0.25) is 0 Å². The fraction of sp³-hybridized carbons (Fsp3) is 0.333. The molecule has 7 nitrogen and oxygen atoms in total. The lowest BCUT2D eigenvalue weighted by atomic mass is 10.1. The quantitative estimate of drug-likeness (QED) is 0.626. The molecule has 8 heteroatoms. The number of nitro benzene ring substituents is 1. The number of amides is 2. The van der Waals surface area contributed by atoms with E-state index in [1.165, 1.54) is 19.1 Å². The van der Waals surface area contributed by atoms with Crippen molar-refractivity contribution in [3.05, 3.63) is 38.3 Å². The molecule has 0 heterocycles. The van der Waals surface area contributed by atoms with Crippen molar-refractivity contribution in [3.63, 3.8) is 0 Å². The van der Waals surface area contributed by atoms with Crippen LogP contribution in [0.4, 0.5) is 5.69 Å². The third-order valence-electron chi connectivity index (χ3n) is 2.50. The summed E-state index contributed by atoms with van der Waals surface area (Å²) in [5, 5.41) is 15.8. The minimum Gasteiger partial charge on any atom is -0.355 e. The molecule has 20 heavy (non-hydrogen) atoms. The van der Waals surface area contributed by atoms with Crippen LogP contribution in [0.25, 0.3) is 0 Å². The zero-order chi connectivity index (χ0) is 15.3. The molecule has 0 aliphatic carbocycles. The Labute approximate surface area is 124 Å². The molecular formula is C12H14BrN3O4. The zero-order valence-electron chi connectivity index (χ0n) is 11.0. The van der Waals surface area contributed by atoms with Gasteiger partial charge in [0.2, 0.25) is 5.91 Å². The predicted molar refractivity (Wildman–Crippen MR) is 76.4 cm³/mol. The Morgan fingerprint density at radius 3 is 2.65 bits per heavy atom. The maximum Gasteiger partial charge on any atom is 0.284 e. The van der Waals surface area contributed by atoms with Crippen molar-refractivity contribution in [2.24, 2.45) is 0 Å². The highest BCUT2D eigenvalue weighted by Gasteiger charge is 2.19. The van der Waals surface area contributed by atoms with Crippen LogP contribution in [0.5, 0.6) is 0 Å². The summed E-state index contributed by atoms with van der Waals surface area (Å²) >= 11 is 3.04. The Balaban J connectivity index is 2.85. The molecular weight excluding hydrogens is 330 g/mol. The molecule has 2 N–H and O–H groups in total. The van der Waals surface area contributed by atoms with E-state index in [9.17, 15) is 19.7 Å². The van der Waals surface area contributed by atoms with Crippen molar-refractivity contribution in [3.8, 4) is 0 Å². The van der Waals surface area contributed by atoms with Gasteiger partial charge < -0.3 is 10.6 Å². The monoisotopic (exact) mass is 343 g/mol. The number of halogens is 1. The van der Waals surface area contributed by atoms with Crippen molar-refractivity contribution >= 4 is 33.4 Å². The number of benzene rings is 1. The van der Waals surface area contributed by atoms with Gasteiger partial charge in [0.25, 0.3) is 11.6 Å². The second-order valence-corrected chi connectivity index (χ2v) is 4.87. The number of hydrogen-bond acceptors (Lipinski definition) is 4. The predicted octanol–water partition coefficient (Wildman–Crippen LogP) is 1.61. The average molecular weight is 344 g/mol. The molecule has 0 bridgehead atoms. The standard InChI is InChI=1S/C12H14BrN3O4/c1-3-14-11(17)7(2)15-12(18)8-4-5-9(13)10(6-8)16(19)20/h4-7H,3H2,1-2H3,(H,14,17)(H,15,18)/t7-/m0/s1. The largest absolute Gasteiger partial charge is 0.355 e. The van der Waals surface area contributed by atoms with E-state index in [-0.39, 0.29) is 21.6 Å². The second kappa shape index (κ2) is 6.99. The number of nitrogens with zero attached hydrogens (tertiary/aromatic N) is 1. The third-order valence-corrected chi connectivity index (χ3v) is 3.17. The highest BCUT2D eigenvalue weighted by Crippen LogP contribution is 2.25. The van der Waals surface area contributed by atoms with Crippen molar-refractivity contribution in [1.82, 2.24) is 10.6 Å². The summed E-state index contributed by atoms with van der Waals surface area (Å²) in [5.41, 5.74) is -0.0839. The van der Waals surface area contributed by atoms with Crippen LogP contribution in [0.15, 0.2) is 22.7 Å². The molecule has 1 aromatic carbocycles. The molecule has 0 aliphatic rings. The number of rotatable bonds is 5. The first-order chi connectivity index (χ1) is 9.36. The highest BCUT2D eigenvalue weighted by atomic mass is 79.9. The van der Waals surface area contributed by atoms with E-state index in [0.29, 0.717) is 6.54 Å². The Kier molecular flexibility index (Phi) is 5.63. The van der Waals surface area contributed by atoms with Crippen molar-refractivity contribution in [2.45, 2.75) is 19.9 Å². The Morgan fingerprint density at radius 1 is 1.45 bits per heavy atom. The van der Waals surface area contributed by atoms with Gasteiger partial charge in [-0.25, -0.2) is 0 Å². The Bertz CT molecular complexity index is 548. The fourth-order valence-corrected chi connectivity index (χ4v) is 1.86. The summed E-state index contributed by atoms with van der Waals surface area (Å²) in [4.78, 5) is 33.6. The number of hydrogen-bond donors (Lipinski definition) is 2. The molecule has 1 atom stereocenters.